The molecule has 0 saturated carbocycles. The number of carbonyl (C=O) groups is 1. The summed E-state index contributed by atoms with van der Waals surface area (Å²) in [6.45, 7) is 2.68. The number of aliphatic hydroxyl groups excluding tert-OH is 1. The van der Waals surface area contributed by atoms with Crippen molar-refractivity contribution in [2.24, 2.45) is 0 Å². The number of hydrogen-bond donors (Lipinski definition) is 3. The van der Waals surface area contributed by atoms with Crippen molar-refractivity contribution in [3.8, 4) is 6.01 Å². The van der Waals surface area contributed by atoms with Gasteiger partial charge in [-0.3, -0.25) is 4.79 Å². The molecule has 3 N–H and O–H groups in total. The van der Waals surface area contributed by atoms with Crippen LogP contribution < -0.4 is 10.1 Å². The first-order valence-corrected chi connectivity index (χ1v) is 11.9. The van der Waals surface area contributed by atoms with E-state index < -0.39 is 18.3 Å². The number of imidazole rings is 1. The lowest BCUT2D eigenvalue weighted by Gasteiger charge is -2.15. The van der Waals surface area contributed by atoms with Crippen molar-refractivity contribution in [1.82, 2.24) is 15.0 Å². The maximum atomic E-state index is 12.7. The number of benzene rings is 1. The van der Waals surface area contributed by atoms with Crippen molar-refractivity contribution < 1.29 is 24.1 Å². The van der Waals surface area contributed by atoms with Crippen molar-refractivity contribution in [2.75, 3.05) is 18.5 Å². The number of carbonyl (C=O) groups excluding carboxylic acids is 1. The second kappa shape index (κ2) is 9.87. The Labute approximate surface area is 201 Å². The van der Waals surface area contributed by atoms with E-state index in [-0.39, 0.29) is 42.1 Å². The minimum atomic E-state index is -0.654. The molecule has 2 aromatic heterocycles. The molecular formula is C24H27ClN4O5. The van der Waals surface area contributed by atoms with Crippen molar-refractivity contribution in [3.63, 3.8) is 0 Å². The molecular weight excluding hydrogens is 460 g/mol. The number of fused-ring (bicyclic) bond motifs is 2. The Morgan fingerprint density at radius 1 is 1.21 bits per heavy atom. The van der Waals surface area contributed by atoms with Crippen LogP contribution in [0.3, 0.4) is 0 Å². The molecule has 3 aromatic rings. The highest BCUT2D eigenvalue weighted by atomic mass is 35.5. The number of hydrogen-bond acceptors (Lipinski definition) is 7. The van der Waals surface area contributed by atoms with Crippen LogP contribution in [0.2, 0.25) is 5.02 Å². The minimum Gasteiger partial charge on any atom is -0.456 e. The highest BCUT2D eigenvalue weighted by Gasteiger charge is 2.48. The molecule has 0 unspecified atom stereocenters. The number of aliphatic hydroxyl groups is 1. The van der Waals surface area contributed by atoms with Gasteiger partial charge in [0, 0.05) is 5.56 Å². The van der Waals surface area contributed by atoms with Crippen molar-refractivity contribution in [1.29, 1.82) is 0 Å². The Morgan fingerprint density at radius 3 is 2.79 bits per heavy atom. The number of rotatable bonds is 8. The number of pyridine rings is 1. The number of nitrogens with one attached hydrogen (secondary N) is 2. The van der Waals surface area contributed by atoms with Crippen LogP contribution in [-0.2, 0) is 15.9 Å². The number of amides is 1. The third-order valence-corrected chi connectivity index (χ3v) is 6.45. The quantitative estimate of drug-likeness (QED) is 0.417. The number of anilines is 1. The molecule has 1 amide bonds. The molecule has 2 aliphatic heterocycles. The van der Waals surface area contributed by atoms with Crippen LogP contribution in [0.15, 0.2) is 30.3 Å². The first kappa shape index (κ1) is 23.0. The first-order chi connectivity index (χ1) is 16.5. The van der Waals surface area contributed by atoms with Crippen molar-refractivity contribution in [3.05, 3.63) is 46.5 Å². The van der Waals surface area contributed by atoms with Crippen LogP contribution in [0, 0.1) is 0 Å². The lowest BCUT2D eigenvalue weighted by molar-refractivity contribution is 0.00706. The van der Waals surface area contributed by atoms with Gasteiger partial charge in [0.15, 0.2) is 17.6 Å². The molecule has 0 aliphatic carbocycles. The van der Waals surface area contributed by atoms with E-state index >= 15 is 0 Å². The van der Waals surface area contributed by atoms with Crippen LogP contribution in [0.25, 0.3) is 11.2 Å². The molecule has 10 heteroatoms. The smallest absolute Gasteiger partial charge is 0.296 e. The lowest BCUT2D eigenvalue weighted by Crippen LogP contribution is -2.34. The van der Waals surface area contributed by atoms with Gasteiger partial charge in [0.05, 0.1) is 23.8 Å². The van der Waals surface area contributed by atoms with Gasteiger partial charge in [-0.2, -0.15) is 4.98 Å². The van der Waals surface area contributed by atoms with Gasteiger partial charge in [-0.1, -0.05) is 43.5 Å². The number of H-pyrrole nitrogens is 1. The minimum absolute atomic E-state index is 0.218. The molecule has 0 bridgehead atoms. The van der Waals surface area contributed by atoms with Crippen LogP contribution in [-0.4, -0.2) is 63.6 Å². The number of nitrogens with zero attached hydrogens (tertiary/aromatic N) is 2. The summed E-state index contributed by atoms with van der Waals surface area (Å²) < 4.78 is 17.1. The zero-order valence-corrected chi connectivity index (χ0v) is 19.5. The van der Waals surface area contributed by atoms with Gasteiger partial charge in [0.1, 0.15) is 18.3 Å². The van der Waals surface area contributed by atoms with Crippen LogP contribution in [0.4, 0.5) is 5.82 Å². The predicted molar refractivity (Wildman–Crippen MR) is 126 cm³/mol. The fourth-order valence-corrected chi connectivity index (χ4v) is 4.51. The third-order valence-electron chi connectivity index (χ3n) is 6.17. The van der Waals surface area contributed by atoms with E-state index in [0.29, 0.717) is 16.7 Å². The highest BCUT2D eigenvalue weighted by Crippen LogP contribution is 2.31. The van der Waals surface area contributed by atoms with E-state index in [1.54, 1.807) is 6.07 Å². The molecule has 4 heterocycles. The van der Waals surface area contributed by atoms with Gasteiger partial charge in [-0.25, -0.2) is 4.98 Å². The molecule has 180 valence electrons. The maximum absolute atomic E-state index is 12.7. The number of ether oxygens (including phenoxy) is 3. The molecule has 1 aromatic carbocycles. The summed E-state index contributed by atoms with van der Waals surface area (Å²) in [5.41, 5.74) is 2.65. The SMILES string of the molecule is CCCCCc1ccc(C(=O)Nc2nc3nc(O[C@@H]4CO[C@H]5[C@@H]4OC[C@H]5O)[nH]c3cc2Cl)cc1. The van der Waals surface area contributed by atoms with E-state index in [1.165, 1.54) is 18.4 Å². The summed E-state index contributed by atoms with van der Waals surface area (Å²) in [4.78, 5) is 24.5. The van der Waals surface area contributed by atoms with Gasteiger partial charge in [-0.05, 0) is 36.6 Å². The average molecular weight is 487 g/mol. The summed E-state index contributed by atoms with van der Waals surface area (Å²) in [5.74, 6) is -0.0808. The second-order valence-electron chi connectivity index (χ2n) is 8.66. The van der Waals surface area contributed by atoms with Gasteiger partial charge >= 0.3 is 0 Å². The van der Waals surface area contributed by atoms with Crippen molar-refractivity contribution in [2.45, 2.75) is 57.0 Å². The molecule has 9 nitrogen and oxygen atoms in total. The summed E-state index contributed by atoms with van der Waals surface area (Å²) in [6.07, 6.45) is 2.71. The number of aryl methyl sites for hydroxylation is 1. The highest BCUT2D eigenvalue weighted by molar-refractivity contribution is 6.34. The number of aromatic nitrogens is 3. The Bertz CT molecular complexity index is 1170. The van der Waals surface area contributed by atoms with Crippen LogP contribution in [0.1, 0.15) is 42.1 Å². The zero-order valence-electron chi connectivity index (χ0n) is 18.8. The van der Waals surface area contributed by atoms with Crippen LogP contribution >= 0.6 is 11.6 Å². The maximum Gasteiger partial charge on any atom is 0.296 e. The number of halogens is 1. The molecule has 5 rings (SSSR count). The van der Waals surface area contributed by atoms with Gasteiger partial charge in [0.2, 0.25) is 0 Å². The van der Waals surface area contributed by atoms with E-state index in [1.807, 2.05) is 24.3 Å². The topological polar surface area (TPSA) is 119 Å². The molecule has 2 fully saturated rings. The lowest BCUT2D eigenvalue weighted by atomic mass is 10.1. The molecule has 0 spiro atoms. The molecule has 0 radical (unpaired) electrons. The van der Waals surface area contributed by atoms with E-state index in [4.69, 9.17) is 25.8 Å². The van der Waals surface area contributed by atoms with Crippen LogP contribution in [0.5, 0.6) is 6.01 Å². The normalized spacial score (nSPS) is 23.9. The molecule has 2 aliphatic rings. The third kappa shape index (κ3) is 4.74. The van der Waals surface area contributed by atoms with E-state index in [9.17, 15) is 9.90 Å². The summed E-state index contributed by atoms with van der Waals surface area (Å²) in [6, 6.07) is 9.44. The second-order valence-corrected chi connectivity index (χ2v) is 9.07. The first-order valence-electron chi connectivity index (χ1n) is 11.6. The van der Waals surface area contributed by atoms with E-state index in [2.05, 4.69) is 27.2 Å². The fraction of sp³-hybridized carbons (Fsp3) is 0.458. The Balaban J connectivity index is 1.26. The van der Waals surface area contributed by atoms with Crippen molar-refractivity contribution >= 4 is 34.5 Å². The summed E-state index contributed by atoms with van der Waals surface area (Å²) in [7, 11) is 0. The Hall–Kier alpha value is -2.72. The largest absolute Gasteiger partial charge is 0.456 e. The Morgan fingerprint density at radius 2 is 2.00 bits per heavy atom. The van der Waals surface area contributed by atoms with Gasteiger partial charge in [-0.15, -0.1) is 0 Å². The fourth-order valence-electron chi connectivity index (χ4n) is 4.31. The predicted octanol–water partition coefficient (Wildman–Crippen LogP) is 3.50. The molecule has 34 heavy (non-hydrogen) atoms. The Kier molecular flexibility index (Phi) is 6.69. The molecule has 4 atom stereocenters. The summed E-state index contributed by atoms with van der Waals surface area (Å²) >= 11 is 6.37. The zero-order chi connectivity index (χ0) is 23.7. The standard InChI is InChI=1S/C24H27ClN4O5/c1-2-3-4-5-13-6-8-14(9-7-13)23(31)28-21-15(25)10-16-22(27-21)29-24(26-16)34-18-12-33-19-17(30)11-32-20(18)19/h6-10,17-20,30H,2-5,11-12H2,1H3,(H2,26,27,28,29,31)/t17-,18-,19-,20-/m1/s1. The monoisotopic (exact) mass is 486 g/mol. The number of aromatic amines is 1. The number of unbranched alkanes of at least 4 members (excludes halogenated alkanes) is 2. The summed E-state index contributed by atoms with van der Waals surface area (Å²) in [5, 5.41) is 12.9. The molecule has 2 saturated heterocycles. The average Bonchev–Trinajstić information content (AvgIpc) is 3.51. The van der Waals surface area contributed by atoms with E-state index in [0.717, 1.165) is 12.8 Å². The van der Waals surface area contributed by atoms with Gasteiger partial charge in [0.25, 0.3) is 11.9 Å². The van der Waals surface area contributed by atoms with Gasteiger partial charge < -0.3 is 29.6 Å².